The quantitative estimate of drug-likeness (QED) is 0.709. The molecular formula is C21H25N3O5S2. The van der Waals surface area contributed by atoms with Gasteiger partial charge in [0.05, 0.1) is 9.79 Å². The molecule has 166 valence electrons. The van der Waals surface area contributed by atoms with Crippen LogP contribution in [0.5, 0.6) is 0 Å². The summed E-state index contributed by atoms with van der Waals surface area (Å²) >= 11 is 0. The third-order valence-electron chi connectivity index (χ3n) is 5.61. The molecule has 2 heterocycles. The number of nitrogens with one attached hydrogen (secondary N) is 1. The first kappa shape index (κ1) is 21.9. The molecule has 2 aliphatic rings. The van der Waals surface area contributed by atoms with Gasteiger partial charge >= 0.3 is 0 Å². The molecule has 10 heteroatoms. The highest BCUT2D eigenvalue weighted by Gasteiger charge is 2.28. The molecule has 2 aliphatic heterocycles. The molecule has 2 saturated heterocycles. The topological polar surface area (TPSA) is 104 Å². The van der Waals surface area contributed by atoms with E-state index in [0.717, 1.165) is 25.7 Å². The van der Waals surface area contributed by atoms with Crippen LogP contribution >= 0.6 is 0 Å². The molecule has 2 aromatic carbocycles. The minimum Gasteiger partial charge on any atom is -0.322 e. The third-order valence-corrected chi connectivity index (χ3v) is 9.42. The number of anilines is 1. The Kier molecular flexibility index (Phi) is 6.16. The Hall–Kier alpha value is -2.27. The third kappa shape index (κ3) is 4.52. The molecule has 4 rings (SSSR count). The number of carbonyl (C=O) groups is 1. The molecule has 31 heavy (non-hydrogen) atoms. The molecule has 0 saturated carbocycles. The van der Waals surface area contributed by atoms with E-state index in [1.165, 1.54) is 45.0 Å². The van der Waals surface area contributed by atoms with Crippen LogP contribution in [-0.4, -0.2) is 57.5 Å². The van der Waals surface area contributed by atoms with Crippen molar-refractivity contribution >= 4 is 31.6 Å². The van der Waals surface area contributed by atoms with Gasteiger partial charge in [-0.3, -0.25) is 4.79 Å². The predicted molar refractivity (Wildman–Crippen MR) is 117 cm³/mol. The van der Waals surface area contributed by atoms with Gasteiger partial charge in [-0.2, -0.15) is 8.61 Å². The fraction of sp³-hybridized carbons (Fsp3) is 0.381. The number of amides is 1. The highest BCUT2D eigenvalue weighted by molar-refractivity contribution is 7.89. The van der Waals surface area contributed by atoms with E-state index in [-0.39, 0.29) is 15.4 Å². The Morgan fingerprint density at radius 3 is 1.77 bits per heavy atom. The highest BCUT2D eigenvalue weighted by Crippen LogP contribution is 2.24. The molecule has 0 bridgehead atoms. The van der Waals surface area contributed by atoms with Crippen LogP contribution in [0.4, 0.5) is 5.69 Å². The molecule has 2 aromatic rings. The molecular weight excluding hydrogens is 438 g/mol. The second-order valence-corrected chi connectivity index (χ2v) is 11.6. The van der Waals surface area contributed by atoms with Crippen LogP contribution in [0.3, 0.4) is 0 Å². The van der Waals surface area contributed by atoms with E-state index < -0.39 is 26.0 Å². The van der Waals surface area contributed by atoms with Gasteiger partial charge in [0.25, 0.3) is 5.91 Å². The van der Waals surface area contributed by atoms with Gasteiger partial charge < -0.3 is 5.32 Å². The standard InChI is InChI=1S/C21H25N3O5S2/c25-21(17-6-5-7-20(16-17)31(28,29)24-14-3-4-15-24)22-18-8-10-19(11-9-18)30(26,27)23-12-1-2-13-23/h5-11,16H,1-4,12-15H2,(H,22,25). The largest absolute Gasteiger partial charge is 0.322 e. The van der Waals surface area contributed by atoms with Crippen molar-refractivity contribution in [2.24, 2.45) is 0 Å². The average Bonchev–Trinajstić information content (AvgIpc) is 3.49. The fourth-order valence-electron chi connectivity index (χ4n) is 3.87. The van der Waals surface area contributed by atoms with Crippen molar-refractivity contribution < 1.29 is 21.6 Å². The predicted octanol–water partition coefficient (Wildman–Crippen LogP) is 2.51. The Labute approximate surface area is 183 Å². The van der Waals surface area contributed by atoms with Gasteiger partial charge in [-0.15, -0.1) is 0 Å². The van der Waals surface area contributed by atoms with Crippen LogP contribution < -0.4 is 5.32 Å². The Morgan fingerprint density at radius 2 is 1.23 bits per heavy atom. The summed E-state index contributed by atoms with van der Waals surface area (Å²) in [6.45, 7) is 2.03. The summed E-state index contributed by atoms with van der Waals surface area (Å²) in [6, 6.07) is 12.0. The van der Waals surface area contributed by atoms with Crippen molar-refractivity contribution in [1.82, 2.24) is 8.61 Å². The van der Waals surface area contributed by atoms with Crippen molar-refractivity contribution in [2.45, 2.75) is 35.5 Å². The van der Waals surface area contributed by atoms with Crippen molar-refractivity contribution in [3.05, 3.63) is 54.1 Å². The van der Waals surface area contributed by atoms with Crippen molar-refractivity contribution in [3.63, 3.8) is 0 Å². The number of nitrogens with zero attached hydrogens (tertiary/aromatic N) is 2. The summed E-state index contributed by atoms with van der Waals surface area (Å²) in [4.78, 5) is 12.9. The maximum atomic E-state index is 12.7. The zero-order valence-electron chi connectivity index (χ0n) is 17.0. The first-order valence-corrected chi connectivity index (χ1v) is 13.2. The molecule has 0 aliphatic carbocycles. The van der Waals surface area contributed by atoms with Gasteiger partial charge in [0, 0.05) is 37.4 Å². The summed E-state index contributed by atoms with van der Waals surface area (Å²) < 4.78 is 53.6. The van der Waals surface area contributed by atoms with Gasteiger partial charge in [0.2, 0.25) is 20.0 Å². The number of sulfonamides is 2. The maximum Gasteiger partial charge on any atom is 0.255 e. The van der Waals surface area contributed by atoms with E-state index in [1.54, 1.807) is 12.1 Å². The minimum atomic E-state index is -3.62. The number of carbonyl (C=O) groups excluding carboxylic acids is 1. The molecule has 0 radical (unpaired) electrons. The minimum absolute atomic E-state index is 0.0918. The SMILES string of the molecule is O=C(Nc1ccc(S(=O)(=O)N2CCCC2)cc1)c1cccc(S(=O)(=O)N2CCCC2)c1. The summed E-state index contributed by atoms with van der Waals surface area (Å²) in [7, 11) is -7.13. The zero-order chi connectivity index (χ0) is 22.1. The van der Waals surface area contributed by atoms with Crippen LogP contribution in [0.15, 0.2) is 58.3 Å². The first-order chi connectivity index (χ1) is 14.8. The van der Waals surface area contributed by atoms with Crippen molar-refractivity contribution in [3.8, 4) is 0 Å². The van der Waals surface area contributed by atoms with Crippen molar-refractivity contribution in [2.75, 3.05) is 31.5 Å². The van der Waals surface area contributed by atoms with E-state index in [9.17, 15) is 21.6 Å². The van der Waals surface area contributed by atoms with Crippen LogP contribution in [0, 0.1) is 0 Å². The molecule has 0 unspecified atom stereocenters. The second kappa shape index (κ2) is 8.70. The summed E-state index contributed by atoms with van der Waals surface area (Å²) in [5.74, 6) is -0.464. The molecule has 1 N–H and O–H groups in total. The Morgan fingerprint density at radius 1 is 0.710 bits per heavy atom. The lowest BCUT2D eigenvalue weighted by molar-refractivity contribution is 0.102. The number of benzene rings is 2. The van der Waals surface area contributed by atoms with E-state index in [2.05, 4.69) is 5.32 Å². The number of rotatable bonds is 6. The van der Waals surface area contributed by atoms with Crippen LogP contribution in [0.25, 0.3) is 0 Å². The molecule has 1 amide bonds. The van der Waals surface area contributed by atoms with Crippen LogP contribution in [-0.2, 0) is 20.0 Å². The molecule has 2 fully saturated rings. The number of hydrogen-bond donors (Lipinski definition) is 1. The van der Waals surface area contributed by atoms with Gasteiger partial charge in [-0.25, -0.2) is 16.8 Å². The first-order valence-electron chi connectivity index (χ1n) is 10.3. The Bertz CT molecular complexity index is 1170. The zero-order valence-corrected chi connectivity index (χ0v) is 18.7. The van der Waals surface area contributed by atoms with Crippen molar-refractivity contribution in [1.29, 1.82) is 0 Å². The highest BCUT2D eigenvalue weighted by atomic mass is 32.2. The van der Waals surface area contributed by atoms with Gasteiger partial charge in [-0.1, -0.05) is 6.07 Å². The normalized spacial score (nSPS) is 18.3. The van der Waals surface area contributed by atoms with Crippen LogP contribution in [0.1, 0.15) is 36.0 Å². The van der Waals surface area contributed by atoms with E-state index in [4.69, 9.17) is 0 Å². The molecule has 0 aromatic heterocycles. The molecule has 0 atom stereocenters. The molecule has 8 nitrogen and oxygen atoms in total. The lowest BCUT2D eigenvalue weighted by Crippen LogP contribution is -2.28. The summed E-state index contributed by atoms with van der Waals surface area (Å²) in [5, 5.41) is 2.70. The number of hydrogen-bond acceptors (Lipinski definition) is 5. The van der Waals surface area contributed by atoms with Gasteiger partial charge in [0.15, 0.2) is 0 Å². The van der Waals surface area contributed by atoms with E-state index in [1.807, 2.05) is 0 Å². The van der Waals surface area contributed by atoms with Crippen LogP contribution in [0.2, 0.25) is 0 Å². The van der Waals surface area contributed by atoms with Gasteiger partial charge in [-0.05, 0) is 68.1 Å². The van der Waals surface area contributed by atoms with Gasteiger partial charge in [0.1, 0.15) is 0 Å². The monoisotopic (exact) mass is 463 g/mol. The van der Waals surface area contributed by atoms with E-state index >= 15 is 0 Å². The Balaban J connectivity index is 1.48. The lowest BCUT2D eigenvalue weighted by Gasteiger charge is -2.16. The average molecular weight is 464 g/mol. The van der Waals surface area contributed by atoms with E-state index in [0.29, 0.717) is 31.9 Å². The fourth-order valence-corrected chi connectivity index (χ4v) is 6.95. The second-order valence-electron chi connectivity index (χ2n) is 7.73. The smallest absolute Gasteiger partial charge is 0.255 e. The maximum absolute atomic E-state index is 12.7. The molecule has 0 spiro atoms. The summed E-state index contributed by atoms with van der Waals surface area (Å²) in [5.41, 5.74) is 0.646. The lowest BCUT2D eigenvalue weighted by atomic mass is 10.2. The summed E-state index contributed by atoms with van der Waals surface area (Å²) in [6.07, 6.45) is 3.39.